The normalized spacial score (nSPS) is 20.0. The first-order chi connectivity index (χ1) is 18.8. The maximum atomic E-state index is 13.7. The fourth-order valence-electron chi connectivity index (χ4n) is 4.87. The van der Waals surface area contributed by atoms with Crippen LogP contribution in [0.1, 0.15) is 32.1 Å². The molecule has 1 aliphatic carbocycles. The molecule has 5 rings (SSSR count). The summed E-state index contributed by atoms with van der Waals surface area (Å²) < 4.78 is 21.5. The average molecular weight is 526 g/mol. The summed E-state index contributed by atoms with van der Waals surface area (Å²) in [4.78, 5) is 14.8. The fourth-order valence-corrected chi connectivity index (χ4v) is 4.87. The van der Waals surface area contributed by atoms with E-state index in [0.717, 1.165) is 33.5 Å². The summed E-state index contributed by atoms with van der Waals surface area (Å²) in [5, 5.41) is 17.8. The molecule has 0 spiro atoms. The van der Waals surface area contributed by atoms with E-state index in [1.165, 1.54) is 12.1 Å². The second-order valence-electron chi connectivity index (χ2n) is 10.1. The molecule has 1 amide bonds. The van der Waals surface area contributed by atoms with Crippen LogP contribution in [-0.4, -0.2) is 52.9 Å². The van der Waals surface area contributed by atoms with Crippen LogP contribution in [0, 0.1) is 11.7 Å². The molecule has 0 saturated carbocycles. The molecule has 2 heterocycles. The Kier molecular flexibility index (Phi) is 7.81. The number of benzene rings is 2. The third-order valence-electron chi connectivity index (χ3n) is 6.97. The van der Waals surface area contributed by atoms with Gasteiger partial charge in [0.15, 0.2) is 6.23 Å². The van der Waals surface area contributed by atoms with Gasteiger partial charge in [0.1, 0.15) is 32.2 Å². The van der Waals surface area contributed by atoms with Crippen LogP contribution in [0.4, 0.5) is 4.39 Å². The van der Waals surface area contributed by atoms with Crippen molar-refractivity contribution in [2.75, 3.05) is 13.2 Å². The van der Waals surface area contributed by atoms with Gasteiger partial charge in [-0.1, -0.05) is 41.9 Å². The molecule has 2 aliphatic rings. The molecule has 3 aromatic rings. The molecule has 2 N–H and O–H groups in total. The fraction of sp³-hybridized carbons (Fsp3) is 0.267. The van der Waals surface area contributed by atoms with Gasteiger partial charge in [0.05, 0.1) is 5.69 Å². The SMILES string of the molecule is Bc1ccc(-n2cc(C3OCC(=O)N3CC[C@@H]3C=CC=C(C)C(N[C@H](C)O)=C3)c(-c3ccc(F)cc3)n2)cc1. The number of aliphatic hydroxyl groups excluding tert-OH is 1. The Morgan fingerprint density at radius 1 is 1.21 bits per heavy atom. The van der Waals surface area contributed by atoms with Crippen molar-refractivity contribution < 1.29 is 19.0 Å². The minimum Gasteiger partial charge on any atom is -0.374 e. The minimum absolute atomic E-state index is 0.0188. The molecule has 2 aromatic carbocycles. The van der Waals surface area contributed by atoms with Crippen molar-refractivity contribution in [2.45, 2.75) is 32.7 Å². The number of rotatable bonds is 8. The van der Waals surface area contributed by atoms with Crippen LogP contribution in [0.3, 0.4) is 0 Å². The van der Waals surface area contributed by atoms with E-state index in [2.05, 4.69) is 17.5 Å². The number of nitrogens with zero attached hydrogens (tertiary/aromatic N) is 3. The van der Waals surface area contributed by atoms with Gasteiger partial charge in [-0.15, -0.1) is 0 Å². The number of hydrogen-bond donors (Lipinski definition) is 2. The van der Waals surface area contributed by atoms with Crippen LogP contribution in [0.2, 0.25) is 0 Å². The van der Waals surface area contributed by atoms with Gasteiger partial charge in [0.2, 0.25) is 0 Å². The molecule has 1 fully saturated rings. The second-order valence-corrected chi connectivity index (χ2v) is 10.1. The topological polar surface area (TPSA) is 79.6 Å². The van der Waals surface area contributed by atoms with Crippen molar-refractivity contribution in [3.05, 3.63) is 102 Å². The third-order valence-corrected chi connectivity index (χ3v) is 6.97. The molecule has 1 aromatic heterocycles. The third kappa shape index (κ3) is 6.05. The molecule has 200 valence electrons. The number of carbonyl (C=O) groups excluding carboxylic acids is 1. The quantitative estimate of drug-likeness (QED) is 0.349. The van der Waals surface area contributed by atoms with E-state index in [4.69, 9.17) is 9.84 Å². The van der Waals surface area contributed by atoms with Gasteiger partial charge in [0, 0.05) is 29.6 Å². The average Bonchev–Trinajstić information content (AvgIpc) is 3.45. The Hall–Kier alpha value is -3.95. The highest BCUT2D eigenvalue weighted by Gasteiger charge is 2.36. The summed E-state index contributed by atoms with van der Waals surface area (Å²) in [7, 11) is 2.03. The lowest BCUT2D eigenvalue weighted by Gasteiger charge is -2.24. The van der Waals surface area contributed by atoms with Crippen molar-refractivity contribution in [3.63, 3.8) is 0 Å². The van der Waals surface area contributed by atoms with Gasteiger partial charge >= 0.3 is 0 Å². The molecule has 39 heavy (non-hydrogen) atoms. The summed E-state index contributed by atoms with van der Waals surface area (Å²) in [6.45, 7) is 4.12. The van der Waals surface area contributed by atoms with E-state index >= 15 is 0 Å². The maximum Gasteiger partial charge on any atom is 0.250 e. The Labute approximate surface area is 228 Å². The summed E-state index contributed by atoms with van der Waals surface area (Å²) >= 11 is 0. The second kappa shape index (κ2) is 11.4. The molecule has 9 heteroatoms. The molecule has 0 radical (unpaired) electrons. The van der Waals surface area contributed by atoms with E-state index in [9.17, 15) is 14.3 Å². The van der Waals surface area contributed by atoms with E-state index in [0.29, 0.717) is 18.7 Å². The molecule has 3 atom stereocenters. The Morgan fingerprint density at radius 3 is 2.67 bits per heavy atom. The van der Waals surface area contributed by atoms with Gasteiger partial charge < -0.3 is 20.1 Å². The maximum absolute atomic E-state index is 13.7. The van der Waals surface area contributed by atoms with E-state index in [-0.39, 0.29) is 24.2 Å². The lowest BCUT2D eigenvalue weighted by molar-refractivity contribution is -0.128. The summed E-state index contributed by atoms with van der Waals surface area (Å²) in [5.74, 6) is -0.363. The standard InChI is InChI=1S/C30H32BFN4O3/c1-19-4-3-5-21(16-27(19)33-20(2)37)14-15-35-28(38)18-39-30(35)26-17-36(25-12-8-23(31)9-13-25)34-29(26)22-6-10-24(32)11-7-22/h3-13,16-17,20-21,30,33,37H,14-15,18,31H2,1-2H3/t20-,21-,30?/m0/s1. The highest BCUT2D eigenvalue weighted by Crippen LogP contribution is 2.36. The highest BCUT2D eigenvalue weighted by molar-refractivity contribution is 6.32. The van der Waals surface area contributed by atoms with E-state index in [1.54, 1.807) is 28.6 Å². The van der Waals surface area contributed by atoms with Crippen molar-refractivity contribution >= 4 is 19.2 Å². The lowest BCUT2D eigenvalue weighted by atomic mass is 9.96. The predicted octanol–water partition coefficient (Wildman–Crippen LogP) is 3.13. The summed E-state index contributed by atoms with van der Waals surface area (Å²) in [5.41, 5.74) is 6.04. The van der Waals surface area contributed by atoms with Crippen LogP contribution in [0.15, 0.2) is 90.3 Å². The molecule has 0 bridgehead atoms. The van der Waals surface area contributed by atoms with Crippen LogP contribution >= 0.6 is 0 Å². The van der Waals surface area contributed by atoms with Gasteiger partial charge in [-0.3, -0.25) is 4.79 Å². The first-order valence-electron chi connectivity index (χ1n) is 13.1. The number of hydrogen-bond acceptors (Lipinski definition) is 5. The molecule has 7 nitrogen and oxygen atoms in total. The Morgan fingerprint density at radius 2 is 1.95 bits per heavy atom. The number of amides is 1. The van der Waals surface area contributed by atoms with Crippen molar-refractivity contribution in [1.82, 2.24) is 20.0 Å². The molecule has 1 unspecified atom stereocenters. The molecule has 1 aliphatic heterocycles. The predicted molar refractivity (Wildman–Crippen MR) is 151 cm³/mol. The van der Waals surface area contributed by atoms with Crippen molar-refractivity contribution in [1.29, 1.82) is 0 Å². The first kappa shape index (κ1) is 26.7. The minimum atomic E-state index is -0.675. The monoisotopic (exact) mass is 526 g/mol. The van der Waals surface area contributed by atoms with Gasteiger partial charge in [0.25, 0.3) is 5.91 Å². The zero-order chi connectivity index (χ0) is 27.5. The Bertz CT molecular complexity index is 1430. The molecule has 1 saturated heterocycles. The number of aliphatic hydroxyl groups is 1. The van der Waals surface area contributed by atoms with Gasteiger partial charge in [-0.05, 0) is 68.2 Å². The van der Waals surface area contributed by atoms with Crippen LogP contribution in [0.5, 0.6) is 0 Å². The number of nitrogens with one attached hydrogen (secondary N) is 1. The lowest BCUT2D eigenvalue weighted by Crippen LogP contribution is -2.31. The van der Waals surface area contributed by atoms with Crippen molar-refractivity contribution in [3.8, 4) is 16.9 Å². The van der Waals surface area contributed by atoms with Crippen LogP contribution in [0.25, 0.3) is 16.9 Å². The number of carbonyl (C=O) groups is 1. The van der Waals surface area contributed by atoms with Crippen LogP contribution in [-0.2, 0) is 9.53 Å². The molecular weight excluding hydrogens is 494 g/mol. The van der Waals surface area contributed by atoms with E-state index < -0.39 is 12.5 Å². The van der Waals surface area contributed by atoms with Crippen LogP contribution < -0.4 is 10.8 Å². The zero-order valence-electron chi connectivity index (χ0n) is 22.3. The highest BCUT2D eigenvalue weighted by atomic mass is 19.1. The first-order valence-corrected chi connectivity index (χ1v) is 13.1. The molecular formula is C30H32BFN4O3. The smallest absolute Gasteiger partial charge is 0.250 e. The van der Waals surface area contributed by atoms with Gasteiger partial charge in [-0.25, -0.2) is 9.07 Å². The number of halogens is 1. The van der Waals surface area contributed by atoms with E-state index in [1.807, 2.05) is 57.4 Å². The zero-order valence-corrected chi connectivity index (χ0v) is 22.3. The summed E-state index contributed by atoms with van der Waals surface area (Å²) in [6.07, 6.45) is 9.45. The van der Waals surface area contributed by atoms with Crippen molar-refractivity contribution in [2.24, 2.45) is 5.92 Å². The largest absolute Gasteiger partial charge is 0.374 e. The number of ether oxygens (including phenoxy) is 1. The van der Waals surface area contributed by atoms with Gasteiger partial charge in [-0.2, -0.15) is 5.10 Å². The number of allylic oxidation sites excluding steroid dienone is 5. The number of aromatic nitrogens is 2. The summed E-state index contributed by atoms with van der Waals surface area (Å²) in [6, 6.07) is 14.2. The Balaban J connectivity index is 1.44.